The van der Waals surface area contributed by atoms with Crippen molar-refractivity contribution in [2.45, 2.75) is 6.42 Å². The van der Waals surface area contributed by atoms with Gasteiger partial charge >= 0.3 is 0 Å². The standard InChI is InChI=1S/C9H18N2O4S/c1-10(2)9(12)3-8-16(13,14)11-4-6-15-7-5-11/h3-8H2,1-2H3. The van der Waals surface area contributed by atoms with Crippen LogP contribution in [0.3, 0.4) is 0 Å². The van der Waals surface area contributed by atoms with Crippen molar-refractivity contribution in [1.29, 1.82) is 0 Å². The maximum Gasteiger partial charge on any atom is 0.223 e. The zero-order valence-electron chi connectivity index (χ0n) is 9.68. The molecule has 1 heterocycles. The largest absolute Gasteiger partial charge is 0.379 e. The Morgan fingerprint density at radius 3 is 2.38 bits per heavy atom. The molecule has 0 spiro atoms. The van der Waals surface area contributed by atoms with E-state index in [2.05, 4.69) is 0 Å². The Morgan fingerprint density at radius 1 is 1.31 bits per heavy atom. The summed E-state index contributed by atoms with van der Waals surface area (Å²) in [5.41, 5.74) is 0. The smallest absolute Gasteiger partial charge is 0.223 e. The molecule has 0 saturated carbocycles. The van der Waals surface area contributed by atoms with E-state index < -0.39 is 10.0 Å². The van der Waals surface area contributed by atoms with Gasteiger partial charge in [0.05, 0.1) is 19.0 Å². The maximum atomic E-state index is 11.8. The molecule has 1 saturated heterocycles. The molecule has 0 N–H and O–H groups in total. The van der Waals surface area contributed by atoms with Gasteiger partial charge in [-0.05, 0) is 0 Å². The molecule has 0 bridgehead atoms. The lowest BCUT2D eigenvalue weighted by molar-refractivity contribution is -0.128. The number of hydrogen-bond acceptors (Lipinski definition) is 4. The molecule has 0 aromatic rings. The summed E-state index contributed by atoms with van der Waals surface area (Å²) >= 11 is 0. The normalized spacial score (nSPS) is 18.4. The minimum atomic E-state index is -3.31. The van der Waals surface area contributed by atoms with Gasteiger partial charge in [0.15, 0.2) is 0 Å². The van der Waals surface area contributed by atoms with Gasteiger partial charge in [-0.25, -0.2) is 8.42 Å². The first-order chi connectivity index (χ1) is 7.43. The first kappa shape index (κ1) is 13.4. The third kappa shape index (κ3) is 3.73. The second-order valence-electron chi connectivity index (χ2n) is 3.87. The highest BCUT2D eigenvalue weighted by Gasteiger charge is 2.24. The van der Waals surface area contributed by atoms with Crippen molar-refractivity contribution in [3.63, 3.8) is 0 Å². The van der Waals surface area contributed by atoms with E-state index in [1.807, 2.05) is 0 Å². The van der Waals surface area contributed by atoms with E-state index >= 15 is 0 Å². The molecule has 1 aliphatic heterocycles. The summed E-state index contributed by atoms with van der Waals surface area (Å²) < 4.78 is 30.1. The molecule has 0 unspecified atom stereocenters. The number of ether oxygens (including phenoxy) is 1. The lowest BCUT2D eigenvalue weighted by atomic mass is 10.4. The second kappa shape index (κ2) is 5.60. The summed E-state index contributed by atoms with van der Waals surface area (Å²) in [6.07, 6.45) is 0.0344. The van der Waals surface area contributed by atoms with E-state index in [1.165, 1.54) is 9.21 Å². The zero-order chi connectivity index (χ0) is 12.2. The summed E-state index contributed by atoms with van der Waals surface area (Å²) in [6, 6.07) is 0. The maximum absolute atomic E-state index is 11.8. The number of carbonyl (C=O) groups is 1. The van der Waals surface area contributed by atoms with Crippen LogP contribution >= 0.6 is 0 Å². The number of sulfonamides is 1. The van der Waals surface area contributed by atoms with Gasteiger partial charge in [0, 0.05) is 33.6 Å². The van der Waals surface area contributed by atoms with E-state index in [4.69, 9.17) is 4.74 Å². The molecule has 0 aliphatic carbocycles. The molecule has 0 atom stereocenters. The summed E-state index contributed by atoms with van der Waals surface area (Å²) in [5.74, 6) is -0.291. The van der Waals surface area contributed by atoms with Crippen molar-refractivity contribution in [3.05, 3.63) is 0 Å². The van der Waals surface area contributed by atoms with Crippen LogP contribution in [-0.4, -0.2) is 69.7 Å². The molecule has 16 heavy (non-hydrogen) atoms. The molecule has 1 fully saturated rings. The van der Waals surface area contributed by atoms with Crippen molar-refractivity contribution in [2.24, 2.45) is 0 Å². The predicted molar refractivity (Wildman–Crippen MR) is 59.5 cm³/mol. The Morgan fingerprint density at radius 2 is 1.88 bits per heavy atom. The highest BCUT2D eigenvalue weighted by atomic mass is 32.2. The summed E-state index contributed by atoms with van der Waals surface area (Å²) in [4.78, 5) is 12.7. The lowest BCUT2D eigenvalue weighted by Crippen LogP contribution is -2.42. The van der Waals surface area contributed by atoms with Crippen LogP contribution in [-0.2, 0) is 19.6 Å². The lowest BCUT2D eigenvalue weighted by Gasteiger charge is -2.26. The monoisotopic (exact) mass is 250 g/mol. The van der Waals surface area contributed by atoms with Gasteiger partial charge in [-0.2, -0.15) is 4.31 Å². The van der Waals surface area contributed by atoms with Crippen LogP contribution in [0.15, 0.2) is 0 Å². The van der Waals surface area contributed by atoms with Crippen molar-refractivity contribution in [3.8, 4) is 0 Å². The van der Waals surface area contributed by atoms with Gasteiger partial charge in [-0.1, -0.05) is 0 Å². The number of nitrogens with zero attached hydrogens (tertiary/aromatic N) is 2. The van der Waals surface area contributed by atoms with Gasteiger partial charge in [0.25, 0.3) is 0 Å². The van der Waals surface area contributed by atoms with Crippen LogP contribution in [0, 0.1) is 0 Å². The molecule has 0 aromatic carbocycles. The van der Waals surface area contributed by atoms with Gasteiger partial charge in [0.1, 0.15) is 0 Å². The average molecular weight is 250 g/mol. The topological polar surface area (TPSA) is 66.9 Å². The Labute approximate surface area is 96.2 Å². The van der Waals surface area contributed by atoms with Crippen LogP contribution in [0.1, 0.15) is 6.42 Å². The molecule has 1 aliphatic rings. The van der Waals surface area contributed by atoms with E-state index in [0.29, 0.717) is 26.3 Å². The van der Waals surface area contributed by atoms with E-state index in [9.17, 15) is 13.2 Å². The molecular weight excluding hydrogens is 232 g/mol. The van der Waals surface area contributed by atoms with Crippen molar-refractivity contribution in [1.82, 2.24) is 9.21 Å². The molecule has 0 radical (unpaired) electrons. The molecule has 1 rings (SSSR count). The van der Waals surface area contributed by atoms with Crippen LogP contribution in [0.2, 0.25) is 0 Å². The Hall–Kier alpha value is -0.660. The third-order valence-corrected chi connectivity index (χ3v) is 4.31. The second-order valence-corrected chi connectivity index (χ2v) is 5.95. The van der Waals surface area contributed by atoms with Gasteiger partial charge < -0.3 is 9.64 Å². The van der Waals surface area contributed by atoms with Crippen molar-refractivity contribution < 1.29 is 17.9 Å². The number of amides is 1. The molecule has 0 aromatic heterocycles. The van der Waals surface area contributed by atoms with E-state index in [-0.39, 0.29) is 18.1 Å². The Kier molecular flexibility index (Phi) is 4.69. The first-order valence-electron chi connectivity index (χ1n) is 5.19. The van der Waals surface area contributed by atoms with Crippen LogP contribution < -0.4 is 0 Å². The van der Waals surface area contributed by atoms with Crippen molar-refractivity contribution in [2.75, 3.05) is 46.2 Å². The summed E-state index contributed by atoms with van der Waals surface area (Å²) in [6.45, 7) is 1.64. The van der Waals surface area contributed by atoms with Crippen LogP contribution in [0.4, 0.5) is 0 Å². The quantitative estimate of drug-likeness (QED) is 0.650. The zero-order valence-corrected chi connectivity index (χ0v) is 10.5. The Balaban J connectivity index is 2.48. The number of hydrogen-bond donors (Lipinski definition) is 0. The van der Waals surface area contributed by atoms with Crippen LogP contribution in [0.5, 0.6) is 0 Å². The van der Waals surface area contributed by atoms with Gasteiger partial charge in [-0.15, -0.1) is 0 Å². The molecule has 7 heteroatoms. The highest BCUT2D eigenvalue weighted by Crippen LogP contribution is 2.07. The third-order valence-electron chi connectivity index (χ3n) is 2.44. The first-order valence-corrected chi connectivity index (χ1v) is 6.80. The molecule has 94 valence electrons. The molecular formula is C9H18N2O4S. The fourth-order valence-electron chi connectivity index (χ4n) is 1.39. The SMILES string of the molecule is CN(C)C(=O)CCS(=O)(=O)N1CCOCC1. The number of morpholine rings is 1. The van der Waals surface area contributed by atoms with Crippen LogP contribution in [0.25, 0.3) is 0 Å². The van der Waals surface area contributed by atoms with Gasteiger partial charge in [0.2, 0.25) is 15.9 Å². The number of carbonyl (C=O) groups excluding carboxylic acids is 1. The highest BCUT2D eigenvalue weighted by molar-refractivity contribution is 7.89. The minimum Gasteiger partial charge on any atom is -0.379 e. The Bertz CT molecular complexity index is 333. The number of rotatable bonds is 4. The average Bonchev–Trinajstić information content (AvgIpc) is 2.27. The predicted octanol–water partition coefficient (Wildman–Crippen LogP) is -0.873. The summed E-state index contributed by atoms with van der Waals surface area (Å²) in [7, 11) is -0.0766. The molecule has 6 nitrogen and oxygen atoms in total. The van der Waals surface area contributed by atoms with Crippen molar-refractivity contribution >= 4 is 15.9 Å². The molecule has 1 amide bonds. The van der Waals surface area contributed by atoms with E-state index in [1.54, 1.807) is 14.1 Å². The fraction of sp³-hybridized carbons (Fsp3) is 0.889. The summed E-state index contributed by atoms with van der Waals surface area (Å²) in [5, 5.41) is 0. The fourth-order valence-corrected chi connectivity index (χ4v) is 2.79. The minimum absolute atomic E-state index is 0.0344. The van der Waals surface area contributed by atoms with E-state index in [0.717, 1.165) is 0 Å². The van der Waals surface area contributed by atoms with Gasteiger partial charge in [-0.3, -0.25) is 4.79 Å².